The number of rotatable bonds is 8. The summed E-state index contributed by atoms with van der Waals surface area (Å²) < 4.78 is 6.87. The van der Waals surface area contributed by atoms with Crippen molar-refractivity contribution in [2.75, 3.05) is 6.61 Å². The van der Waals surface area contributed by atoms with Gasteiger partial charge >= 0.3 is 5.69 Å². The lowest BCUT2D eigenvalue weighted by Crippen LogP contribution is -2.32. The molecule has 0 saturated heterocycles. The Kier molecular flexibility index (Phi) is 6.39. The number of hydrogen-bond acceptors (Lipinski definition) is 4. The third-order valence-electron chi connectivity index (χ3n) is 4.52. The number of benzene rings is 2. The molecule has 7 heteroatoms. The number of nitrogens with zero attached hydrogens (tertiary/aromatic N) is 1. The molecule has 0 fully saturated rings. The van der Waals surface area contributed by atoms with Crippen LogP contribution in [0.5, 0.6) is 0 Å². The number of para-hydroxylation sites is 1. The standard InChI is InChI=1S/C21H23N3O4/c1-2-28-14-16-8-4-3-7-15(16)13-22-19(25)11-12-24-18-10-6-5-9-17(18)20(26)23-21(24)27/h3-10H,2,11-14H2,1H3,(H,22,25)(H,23,26,27). The topological polar surface area (TPSA) is 93.2 Å². The van der Waals surface area contributed by atoms with E-state index in [1.165, 1.54) is 4.57 Å². The van der Waals surface area contributed by atoms with Gasteiger partial charge in [-0.1, -0.05) is 36.4 Å². The lowest BCUT2D eigenvalue weighted by atomic mass is 10.1. The van der Waals surface area contributed by atoms with Crippen LogP contribution in [0.25, 0.3) is 10.9 Å². The number of aryl methyl sites for hydroxylation is 1. The Morgan fingerprint density at radius 3 is 2.57 bits per heavy atom. The predicted molar refractivity (Wildman–Crippen MR) is 107 cm³/mol. The molecule has 146 valence electrons. The second-order valence-corrected chi connectivity index (χ2v) is 6.36. The number of aromatic amines is 1. The molecule has 0 unspecified atom stereocenters. The lowest BCUT2D eigenvalue weighted by Gasteiger charge is -2.12. The number of aromatic nitrogens is 2. The van der Waals surface area contributed by atoms with Gasteiger partial charge in [0.05, 0.1) is 17.5 Å². The van der Waals surface area contributed by atoms with Crippen LogP contribution in [-0.2, 0) is 29.2 Å². The van der Waals surface area contributed by atoms with E-state index in [2.05, 4.69) is 10.3 Å². The Hall–Kier alpha value is -3.19. The first-order chi connectivity index (χ1) is 13.6. The minimum Gasteiger partial charge on any atom is -0.377 e. The zero-order chi connectivity index (χ0) is 19.9. The van der Waals surface area contributed by atoms with E-state index in [4.69, 9.17) is 4.74 Å². The fraction of sp³-hybridized carbons (Fsp3) is 0.286. The van der Waals surface area contributed by atoms with Crippen LogP contribution in [0.3, 0.4) is 0 Å². The summed E-state index contributed by atoms with van der Waals surface area (Å²) in [5.41, 5.74) is 1.61. The van der Waals surface area contributed by atoms with Gasteiger partial charge in [0.2, 0.25) is 5.91 Å². The highest BCUT2D eigenvalue weighted by molar-refractivity contribution is 5.78. The fourth-order valence-electron chi connectivity index (χ4n) is 3.04. The second kappa shape index (κ2) is 9.14. The van der Waals surface area contributed by atoms with Crippen molar-refractivity contribution in [2.24, 2.45) is 0 Å². The van der Waals surface area contributed by atoms with Gasteiger partial charge in [0.1, 0.15) is 0 Å². The molecule has 1 aromatic heterocycles. The maximum absolute atomic E-state index is 12.3. The number of carbonyl (C=O) groups is 1. The number of ether oxygens (including phenoxy) is 1. The number of hydrogen-bond donors (Lipinski definition) is 2. The molecule has 3 aromatic rings. The summed E-state index contributed by atoms with van der Waals surface area (Å²) in [5, 5.41) is 3.31. The molecular weight excluding hydrogens is 358 g/mol. The van der Waals surface area contributed by atoms with Crippen molar-refractivity contribution in [1.82, 2.24) is 14.9 Å². The van der Waals surface area contributed by atoms with Crippen LogP contribution < -0.4 is 16.6 Å². The average Bonchev–Trinajstić information content (AvgIpc) is 2.71. The van der Waals surface area contributed by atoms with E-state index in [-0.39, 0.29) is 18.9 Å². The number of fused-ring (bicyclic) bond motifs is 1. The van der Waals surface area contributed by atoms with Crippen molar-refractivity contribution in [3.63, 3.8) is 0 Å². The van der Waals surface area contributed by atoms with Gasteiger partial charge in [0.25, 0.3) is 5.56 Å². The third-order valence-corrected chi connectivity index (χ3v) is 4.52. The zero-order valence-corrected chi connectivity index (χ0v) is 15.7. The monoisotopic (exact) mass is 381 g/mol. The fourth-order valence-corrected chi connectivity index (χ4v) is 3.04. The minimum absolute atomic E-state index is 0.129. The van der Waals surface area contributed by atoms with Crippen LogP contribution in [0.2, 0.25) is 0 Å². The SMILES string of the molecule is CCOCc1ccccc1CNC(=O)CCn1c(=O)[nH]c(=O)c2ccccc21. The van der Waals surface area contributed by atoms with Crippen molar-refractivity contribution < 1.29 is 9.53 Å². The smallest absolute Gasteiger partial charge is 0.328 e. The van der Waals surface area contributed by atoms with E-state index in [9.17, 15) is 14.4 Å². The number of nitrogens with one attached hydrogen (secondary N) is 2. The molecule has 2 aromatic carbocycles. The van der Waals surface area contributed by atoms with Crippen molar-refractivity contribution in [3.8, 4) is 0 Å². The zero-order valence-electron chi connectivity index (χ0n) is 15.7. The van der Waals surface area contributed by atoms with Crippen molar-refractivity contribution in [1.29, 1.82) is 0 Å². The van der Waals surface area contributed by atoms with Crippen LogP contribution >= 0.6 is 0 Å². The summed E-state index contributed by atoms with van der Waals surface area (Å²) in [4.78, 5) is 38.6. The summed E-state index contributed by atoms with van der Waals surface area (Å²) in [5.74, 6) is -0.173. The second-order valence-electron chi connectivity index (χ2n) is 6.36. The molecule has 1 heterocycles. The molecule has 28 heavy (non-hydrogen) atoms. The predicted octanol–water partition coefficient (Wildman–Crippen LogP) is 1.93. The summed E-state index contributed by atoms with van der Waals surface area (Å²) in [6.07, 6.45) is 0.129. The summed E-state index contributed by atoms with van der Waals surface area (Å²) in [6.45, 7) is 3.64. The highest BCUT2D eigenvalue weighted by Crippen LogP contribution is 2.10. The van der Waals surface area contributed by atoms with Gasteiger partial charge in [-0.2, -0.15) is 0 Å². The third kappa shape index (κ3) is 4.55. The first-order valence-electron chi connectivity index (χ1n) is 9.23. The first-order valence-corrected chi connectivity index (χ1v) is 9.23. The summed E-state index contributed by atoms with van der Waals surface area (Å²) in [7, 11) is 0. The van der Waals surface area contributed by atoms with Crippen molar-refractivity contribution in [3.05, 3.63) is 80.5 Å². The molecule has 0 radical (unpaired) electrons. The number of carbonyl (C=O) groups excluding carboxylic acids is 1. The molecule has 0 saturated carbocycles. The van der Waals surface area contributed by atoms with Gasteiger partial charge in [-0.25, -0.2) is 4.79 Å². The molecule has 0 aliphatic carbocycles. The number of H-pyrrole nitrogens is 1. The van der Waals surface area contributed by atoms with Gasteiger partial charge in [0, 0.05) is 26.1 Å². The van der Waals surface area contributed by atoms with E-state index < -0.39 is 11.2 Å². The van der Waals surface area contributed by atoms with E-state index in [1.54, 1.807) is 24.3 Å². The van der Waals surface area contributed by atoms with E-state index in [0.717, 1.165) is 11.1 Å². The molecule has 7 nitrogen and oxygen atoms in total. The van der Waals surface area contributed by atoms with Gasteiger partial charge in [0.15, 0.2) is 0 Å². The average molecular weight is 381 g/mol. The molecule has 2 N–H and O–H groups in total. The molecule has 3 rings (SSSR count). The van der Waals surface area contributed by atoms with Crippen LogP contribution in [0, 0.1) is 0 Å². The molecular formula is C21H23N3O4. The van der Waals surface area contributed by atoms with Gasteiger partial charge in [-0.3, -0.25) is 19.1 Å². The first kappa shape index (κ1) is 19.6. The highest BCUT2D eigenvalue weighted by Gasteiger charge is 2.10. The summed E-state index contributed by atoms with van der Waals surface area (Å²) >= 11 is 0. The lowest BCUT2D eigenvalue weighted by molar-refractivity contribution is -0.121. The molecule has 0 bridgehead atoms. The van der Waals surface area contributed by atoms with E-state index in [0.29, 0.717) is 30.7 Å². The minimum atomic E-state index is -0.515. The van der Waals surface area contributed by atoms with Crippen LogP contribution in [0.1, 0.15) is 24.5 Å². The number of amides is 1. The normalized spacial score (nSPS) is 10.9. The molecule has 0 atom stereocenters. The van der Waals surface area contributed by atoms with Gasteiger partial charge in [-0.05, 0) is 30.2 Å². The van der Waals surface area contributed by atoms with Crippen LogP contribution in [0.15, 0.2) is 58.1 Å². The largest absolute Gasteiger partial charge is 0.377 e. The Morgan fingerprint density at radius 2 is 1.79 bits per heavy atom. The van der Waals surface area contributed by atoms with Crippen LogP contribution in [-0.4, -0.2) is 22.1 Å². The Morgan fingerprint density at radius 1 is 1.07 bits per heavy atom. The molecule has 1 amide bonds. The highest BCUT2D eigenvalue weighted by atomic mass is 16.5. The Bertz CT molecular complexity index is 1080. The molecule has 0 aliphatic heterocycles. The maximum Gasteiger partial charge on any atom is 0.328 e. The van der Waals surface area contributed by atoms with Crippen molar-refractivity contribution >= 4 is 16.8 Å². The molecule has 0 aliphatic rings. The van der Waals surface area contributed by atoms with Gasteiger partial charge in [-0.15, -0.1) is 0 Å². The van der Waals surface area contributed by atoms with Crippen LogP contribution in [0.4, 0.5) is 0 Å². The summed E-state index contributed by atoms with van der Waals surface area (Å²) in [6, 6.07) is 14.6. The van der Waals surface area contributed by atoms with Gasteiger partial charge < -0.3 is 10.1 Å². The molecule has 0 spiro atoms. The Labute approximate surface area is 162 Å². The Balaban J connectivity index is 1.66. The van der Waals surface area contributed by atoms with Crippen molar-refractivity contribution in [2.45, 2.75) is 33.0 Å². The maximum atomic E-state index is 12.3. The van der Waals surface area contributed by atoms with E-state index >= 15 is 0 Å². The quantitative estimate of drug-likeness (QED) is 0.624. The van der Waals surface area contributed by atoms with E-state index in [1.807, 2.05) is 31.2 Å².